The average molecular weight is 130 g/mol. The van der Waals surface area contributed by atoms with E-state index in [0.29, 0.717) is 6.04 Å². The number of hydroxylamine groups is 1. The Kier molecular flexibility index (Phi) is 2.45. The number of piperidine rings is 1. The third kappa shape index (κ3) is 1.64. The topological polar surface area (TPSA) is 44.3 Å². The molecule has 1 fully saturated rings. The zero-order chi connectivity index (χ0) is 6.69. The molecule has 1 rings (SSSR count). The Hall–Kier alpha value is -0.120. The molecule has 0 aromatic heterocycles. The number of hydrogen-bond acceptors (Lipinski definition) is 3. The van der Waals surface area contributed by atoms with Gasteiger partial charge in [0.2, 0.25) is 0 Å². The van der Waals surface area contributed by atoms with Crippen LogP contribution in [0.4, 0.5) is 0 Å². The van der Waals surface area contributed by atoms with E-state index < -0.39 is 0 Å². The highest BCUT2D eigenvalue weighted by Crippen LogP contribution is 2.06. The van der Waals surface area contributed by atoms with Crippen LogP contribution < -0.4 is 10.8 Å². The fourth-order valence-electron chi connectivity index (χ4n) is 1.22. The highest BCUT2D eigenvalue weighted by Gasteiger charge is 2.18. The molecule has 2 unspecified atom stereocenters. The van der Waals surface area contributed by atoms with E-state index in [0.717, 1.165) is 19.4 Å². The van der Waals surface area contributed by atoms with Gasteiger partial charge in [0, 0.05) is 12.1 Å². The van der Waals surface area contributed by atoms with Gasteiger partial charge in [0.1, 0.15) is 0 Å². The molecular weight excluding hydrogens is 116 g/mol. The van der Waals surface area contributed by atoms with E-state index >= 15 is 0 Å². The third-order valence-corrected chi connectivity index (χ3v) is 1.93. The quantitative estimate of drug-likeness (QED) is 0.441. The predicted molar refractivity (Wildman–Crippen MR) is 35.4 cm³/mol. The van der Waals surface area contributed by atoms with Crippen LogP contribution >= 0.6 is 0 Å². The summed E-state index contributed by atoms with van der Waals surface area (Å²) < 4.78 is 0. The normalized spacial score (nSPS) is 36.7. The number of hydrogen-bond donors (Lipinski definition) is 3. The van der Waals surface area contributed by atoms with Crippen molar-refractivity contribution in [3.8, 4) is 0 Å². The van der Waals surface area contributed by atoms with E-state index in [4.69, 9.17) is 5.21 Å². The molecule has 1 aliphatic rings. The first-order chi connectivity index (χ1) is 4.34. The van der Waals surface area contributed by atoms with E-state index in [9.17, 15) is 0 Å². The monoisotopic (exact) mass is 130 g/mol. The van der Waals surface area contributed by atoms with Gasteiger partial charge in [-0.3, -0.25) is 0 Å². The summed E-state index contributed by atoms with van der Waals surface area (Å²) in [5, 5.41) is 11.8. The SMILES string of the molecule is CC1NCCCC1NO. The lowest BCUT2D eigenvalue weighted by atomic mass is 10.0. The van der Waals surface area contributed by atoms with Gasteiger partial charge in [-0.25, -0.2) is 5.48 Å². The standard InChI is InChI=1S/C6H14N2O/c1-5-6(8-9)3-2-4-7-5/h5-9H,2-4H2,1H3. The molecule has 1 heterocycles. The van der Waals surface area contributed by atoms with Crippen molar-refractivity contribution in [2.24, 2.45) is 0 Å². The average Bonchev–Trinajstić information content (AvgIpc) is 1.89. The Morgan fingerprint density at radius 2 is 2.44 bits per heavy atom. The fourth-order valence-corrected chi connectivity index (χ4v) is 1.22. The second-order valence-corrected chi connectivity index (χ2v) is 2.62. The van der Waals surface area contributed by atoms with Crippen molar-refractivity contribution >= 4 is 0 Å². The van der Waals surface area contributed by atoms with Gasteiger partial charge >= 0.3 is 0 Å². The lowest BCUT2D eigenvalue weighted by Crippen LogP contribution is -2.49. The van der Waals surface area contributed by atoms with Crippen molar-refractivity contribution in [3.63, 3.8) is 0 Å². The number of nitrogens with one attached hydrogen (secondary N) is 2. The Labute approximate surface area is 55.4 Å². The summed E-state index contributed by atoms with van der Waals surface area (Å²) in [7, 11) is 0. The summed E-state index contributed by atoms with van der Waals surface area (Å²) in [5.74, 6) is 0. The van der Waals surface area contributed by atoms with E-state index in [2.05, 4.69) is 17.7 Å². The highest BCUT2D eigenvalue weighted by molar-refractivity contribution is 4.80. The first-order valence-corrected chi connectivity index (χ1v) is 3.47. The maximum absolute atomic E-state index is 8.57. The van der Waals surface area contributed by atoms with E-state index in [-0.39, 0.29) is 6.04 Å². The molecule has 0 amide bonds. The summed E-state index contributed by atoms with van der Waals surface area (Å²) in [6, 6.07) is 0.655. The Morgan fingerprint density at radius 1 is 1.67 bits per heavy atom. The predicted octanol–water partition coefficient (Wildman–Crippen LogP) is 0.106. The largest absolute Gasteiger partial charge is 0.316 e. The van der Waals surface area contributed by atoms with Crippen molar-refractivity contribution in [3.05, 3.63) is 0 Å². The van der Waals surface area contributed by atoms with Crippen LogP contribution in [0.3, 0.4) is 0 Å². The molecule has 0 radical (unpaired) electrons. The highest BCUT2D eigenvalue weighted by atomic mass is 16.5. The molecule has 0 aliphatic carbocycles. The summed E-state index contributed by atoms with van der Waals surface area (Å²) >= 11 is 0. The van der Waals surface area contributed by atoms with Crippen LogP contribution in [0.5, 0.6) is 0 Å². The summed E-state index contributed by atoms with van der Waals surface area (Å²) in [6.45, 7) is 3.16. The molecule has 3 N–H and O–H groups in total. The minimum atomic E-state index is 0.249. The van der Waals surface area contributed by atoms with Crippen molar-refractivity contribution in [1.82, 2.24) is 10.8 Å². The Morgan fingerprint density at radius 3 is 2.89 bits per heavy atom. The third-order valence-electron chi connectivity index (χ3n) is 1.93. The lowest BCUT2D eigenvalue weighted by Gasteiger charge is -2.28. The van der Waals surface area contributed by atoms with Crippen LogP contribution in [0, 0.1) is 0 Å². The molecule has 1 saturated heterocycles. The molecule has 3 nitrogen and oxygen atoms in total. The van der Waals surface area contributed by atoms with Crippen LogP contribution in [0.1, 0.15) is 19.8 Å². The van der Waals surface area contributed by atoms with Gasteiger partial charge in [-0.15, -0.1) is 0 Å². The van der Waals surface area contributed by atoms with E-state index in [1.54, 1.807) is 0 Å². The molecule has 0 spiro atoms. The summed E-state index contributed by atoms with van der Waals surface area (Å²) in [5.41, 5.74) is 2.29. The zero-order valence-electron chi connectivity index (χ0n) is 5.72. The van der Waals surface area contributed by atoms with Crippen molar-refractivity contribution < 1.29 is 5.21 Å². The lowest BCUT2D eigenvalue weighted by molar-refractivity contribution is 0.0945. The Balaban J connectivity index is 2.30. The molecule has 0 saturated carbocycles. The zero-order valence-corrected chi connectivity index (χ0v) is 5.72. The molecule has 0 aromatic rings. The first kappa shape index (κ1) is 6.99. The number of rotatable bonds is 1. The molecule has 0 bridgehead atoms. The molecule has 9 heavy (non-hydrogen) atoms. The minimum absolute atomic E-state index is 0.249. The second kappa shape index (κ2) is 3.15. The smallest absolute Gasteiger partial charge is 0.0470 e. The molecule has 54 valence electrons. The van der Waals surface area contributed by atoms with Crippen LogP contribution in [0.15, 0.2) is 0 Å². The molecule has 2 atom stereocenters. The van der Waals surface area contributed by atoms with Crippen molar-refractivity contribution in [2.45, 2.75) is 31.8 Å². The van der Waals surface area contributed by atoms with Crippen LogP contribution in [-0.2, 0) is 0 Å². The van der Waals surface area contributed by atoms with Crippen molar-refractivity contribution in [1.29, 1.82) is 0 Å². The molecule has 1 aliphatic heterocycles. The van der Waals surface area contributed by atoms with Crippen LogP contribution in [0.25, 0.3) is 0 Å². The van der Waals surface area contributed by atoms with Gasteiger partial charge < -0.3 is 10.5 Å². The van der Waals surface area contributed by atoms with Crippen LogP contribution in [-0.4, -0.2) is 23.8 Å². The van der Waals surface area contributed by atoms with Gasteiger partial charge in [0.15, 0.2) is 0 Å². The van der Waals surface area contributed by atoms with Crippen LogP contribution in [0.2, 0.25) is 0 Å². The van der Waals surface area contributed by atoms with Gasteiger partial charge in [-0.1, -0.05) is 0 Å². The first-order valence-electron chi connectivity index (χ1n) is 3.47. The van der Waals surface area contributed by atoms with Gasteiger partial charge in [0.05, 0.1) is 0 Å². The molecule has 3 heteroatoms. The summed E-state index contributed by atoms with van der Waals surface area (Å²) in [4.78, 5) is 0. The molecule has 0 aromatic carbocycles. The fraction of sp³-hybridized carbons (Fsp3) is 1.00. The Bertz CT molecular complexity index is 87.1. The van der Waals surface area contributed by atoms with Crippen molar-refractivity contribution in [2.75, 3.05) is 6.54 Å². The minimum Gasteiger partial charge on any atom is -0.316 e. The van der Waals surface area contributed by atoms with Gasteiger partial charge in [-0.2, -0.15) is 0 Å². The van der Waals surface area contributed by atoms with E-state index in [1.807, 2.05) is 0 Å². The second-order valence-electron chi connectivity index (χ2n) is 2.62. The van der Waals surface area contributed by atoms with E-state index in [1.165, 1.54) is 0 Å². The summed E-state index contributed by atoms with van der Waals surface area (Å²) in [6.07, 6.45) is 2.23. The van der Waals surface area contributed by atoms with Gasteiger partial charge in [0.25, 0.3) is 0 Å². The maximum atomic E-state index is 8.57. The van der Waals surface area contributed by atoms with Gasteiger partial charge in [-0.05, 0) is 26.3 Å². The molecular formula is C6H14N2O. The maximum Gasteiger partial charge on any atom is 0.0470 e.